The van der Waals surface area contributed by atoms with Crippen molar-refractivity contribution in [3.63, 3.8) is 0 Å². The summed E-state index contributed by atoms with van der Waals surface area (Å²) in [6, 6.07) is 6.71. The summed E-state index contributed by atoms with van der Waals surface area (Å²) in [5.41, 5.74) is 1.57. The van der Waals surface area contributed by atoms with E-state index in [1.54, 1.807) is 34.8 Å². The number of hydrogen-bond acceptors (Lipinski definition) is 4. The highest BCUT2D eigenvalue weighted by Gasteiger charge is 2.67. The van der Waals surface area contributed by atoms with Gasteiger partial charge in [-0.1, -0.05) is 25.8 Å². The number of pyridine rings is 1. The summed E-state index contributed by atoms with van der Waals surface area (Å²) in [6.07, 6.45) is 0.402. The lowest BCUT2D eigenvalue weighted by molar-refractivity contribution is -0.991. The SMILES string of the molecule is Cc1nc2n(n1)C1(n3nc(C(F)(F)F)cc3-c3ccnc[n+]31)[n+]1ccc(C(C)(C)C)cc1-2. The molecule has 1 atom stereocenters. The highest BCUT2D eigenvalue weighted by Crippen LogP contribution is 2.40. The van der Waals surface area contributed by atoms with E-state index in [0.29, 0.717) is 23.0 Å². The van der Waals surface area contributed by atoms with Gasteiger partial charge in [-0.05, 0) is 17.9 Å². The highest BCUT2D eigenvalue weighted by atomic mass is 19.4. The Labute approximate surface area is 180 Å². The maximum atomic E-state index is 13.6. The first kappa shape index (κ1) is 19.1. The molecule has 0 saturated carbocycles. The highest BCUT2D eigenvalue weighted by molar-refractivity contribution is 5.56. The molecule has 8 nitrogen and oxygen atoms in total. The van der Waals surface area contributed by atoms with E-state index in [-0.39, 0.29) is 5.41 Å². The second-order valence-corrected chi connectivity index (χ2v) is 9.07. The first-order valence-electron chi connectivity index (χ1n) is 10.1. The molecule has 162 valence electrons. The molecule has 6 heterocycles. The maximum absolute atomic E-state index is 13.6. The summed E-state index contributed by atoms with van der Waals surface area (Å²) < 4.78 is 47.5. The Hall–Kier alpha value is -3.63. The standard InChI is InChI=1S/C21H19F3N8/c1-12-26-18-16-9-13(19(2,3)4)6-8-29(16)21(32(18)27-12)30-11-25-7-5-14(30)15-10-17(20(22,23)24)28-31(15)21/h5-11H,1-4H3/q+2. The van der Waals surface area contributed by atoms with E-state index in [2.05, 4.69) is 40.9 Å². The number of aromatic nitrogens is 8. The van der Waals surface area contributed by atoms with E-state index < -0.39 is 17.8 Å². The molecule has 11 heteroatoms. The van der Waals surface area contributed by atoms with Crippen LogP contribution in [0, 0.1) is 6.92 Å². The van der Waals surface area contributed by atoms with Crippen molar-refractivity contribution in [2.24, 2.45) is 0 Å². The van der Waals surface area contributed by atoms with Crippen LogP contribution in [0.1, 0.15) is 37.9 Å². The van der Waals surface area contributed by atoms with Crippen LogP contribution in [-0.4, -0.2) is 29.5 Å². The van der Waals surface area contributed by atoms with E-state index in [1.165, 1.54) is 4.68 Å². The van der Waals surface area contributed by atoms with Crippen molar-refractivity contribution in [2.75, 3.05) is 0 Å². The Kier molecular flexibility index (Phi) is 3.33. The Morgan fingerprint density at radius 1 is 0.969 bits per heavy atom. The van der Waals surface area contributed by atoms with Gasteiger partial charge in [0.2, 0.25) is 5.82 Å². The molecule has 6 rings (SSSR count). The van der Waals surface area contributed by atoms with Crippen molar-refractivity contribution < 1.29 is 22.3 Å². The molecule has 4 aromatic heterocycles. The number of nitrogens with zero attached hydrogens (tertiary/aromatic N) is 8. The number of aryl methyl sites for hydroxylation is 1. The molecule has 0 bridgehead atoms. The zero-order valence-electron chi connectivity index (χ0n) is 17.8. The molecule has 0 saturated heterocycles. The van der Waals surface area contributed by atoms with Crippen LogP contribution in [0.2, 0.25) is 0 Å². The molecule has 32 heavy (non-hydrogen) atoms. The van der Waals surface area contributed by atoms with Gasteiger partial charge in [-0.15, -0.1) is 23.6 Å². The molecule has 1 unspecified atom stereocenters. The molecule has 0 N–H and O–H groups in total. The first-order valence-corrected chi connectivity index (χ1v) is 10.1. The quantitative estimate of drug-likeness (QED) is 0.340. The van der Waals surface area contributed by atoms with Gasteiger partial charge >= 0.3 is 12.1 Å². The van der Waals surface area contributed by atoms with Crippen LogP contribution >= 0.6 is 0 Å². The number of halogens is 3. The summed E-state index contributed by atoms with van der Waals surface area (Å²) in [7, 11) is 0. The number of rotatable bonds is 0. The lowest BCUT2D eigenvalue weighted by atomic mass is 9.87. The van der Waals surface area contributed by atoms with E-state index >= 15 is 0 Å². The van der Waals surface area contributed by atoms with E-state index in [4.69, 9.17) is 0 Å². The second kappa shape index (κ2) is 5.59. The van der Waals surface area contributed by atoms with Gasteiger partial charge in [-0.2, -0.15) is 18.3 Å². The molecule has 2 aliphatic rings. The molecular formula is C21H19F3N8+2. The summed E-state index contributed by atoms with van der Waals surface area (Å²) in [4.78, 5) is 8.85. The van der Waals surface area contributed by atoms with Crippen LogP contribution in [-0.2, 0) is 17.5 Å². The average molecular weight is 440 g/mol. The average Bonchev–Trinajstić information content (AvgIpc) is 3.42. The zero-order chi connectivity index (χ0) is 22.6. The third-order valence-corrected chi connectivity index (χ3v) is 6.00. The normalized spacial score (nSPS) is 18.6. The van der Waals surface area contributed by atoms with Gasteiger partial charge in [0.25, 0.3) is 12.0 Å². The van der Waals surface area contributed by atoms with Crippen LogP contribution in [0.5, 0.6) is 0 Å². The Morgan fingerprint density at radius 2 is 1.75 bits per heavy atom. The van der Waals surface area contributed by atoms with Gasteiger partial charge in [0.15, 0.2) is 17.6 Å². The van der Waals surface area contributed by atoms with Crippen molar-refractivity contribution in [3.8, 4) is 22.9 Å². The van der Waals surface area contributed by atoms with E-state index in [0.717, 1.165) is 17.3 Å². The minimum absolute atomic E-state index is 0.131. The Morgan fingerprint density at radius 3 is 2.47 bits per heavy atom. The van der Waals surface area contributed by atoms with E-state index in [1.807, 2.05) is 22.9 Å². The fourth-order valence-corrected chi connectivity index (χ4v) is 4.54. The van der Waals surface area contributed by atoms with Crippen LogP contribution in [0.25, 0.3) is 22.9 Å². The summed E-state index contributed by atoms with van der Waals surface area (Å²) in [5.74, 6) is -0.326. The molecular weight excluding hydrogens is 421 g/mol. The lowest BCUT2D eigenvalue weighted by Crippen LogP contribution is -2.77. The number of alkyl halides is 3. The fraction of sp³-hybridized carbons (Fsp3) is 0.333. The minimum Gasteiger partial charge on any atom is -0.206 e. The predicted octanol–water partition coefficient (Wildman–Crippen LogP) is 2.24. The largest absolute Gasteiger partial charge is 0.527 e. The van der Waals surface area contributed by atoms with Crippen molar-refractivity contribution in [3.05, 3.63) is 60.1 Å². The second-order valence-electron chi connectivity index (χ2n) is 9.07. The molecule has 4 aromatic rings. The van der Waals surface area contributed by atoms with Crippen molar-refractivity contribution >= 4 is 0 Å². The van der Waals surface area contributed by atoms with Crippen LogP contribution in [0.3, 0.4) is 0 Å². The minimum atomic E-state index is -4.58. The molecule has 0 aliphatic carbocycles. The molecule has 0 radical (unpaired) electrons. The van der Waals surface area contributed by atoms with Crippen LogP contribution < -0.4 is 9.13 Å². The molecule has 1 spiro atoms. The van der Waals surface area contributed by atoms with E-state index in [9.17, 15) is 13.2 Å². The fourth-order valence-electron chi connectivity index (χ4n) is 4.54. The predicted molar refractivity (Wildman–Crippen MR) is 104 cm³/mol. The topological polar surface area (TPSA) is 69.2 Å². The summed E-state index contributed by atoms with van der Waals surface area (Å²) >= 11 is 0. The van der Waals surface area contributed by atoms with Gasteiger partial charge in [0.1, 0.15) is 17.7 Å². The third kappa shape index (κ3) is 2.17. The number of fused-ring (bicyclic) bond motifs is 10. The molecule has 0 aromatic carbocycles. The number of hydrogen-bond donors (Lipinski definition) is 0. The summed E-state index contributed by atoms with van der Waals surface area (Å²) in [5, 5.41) is 8.62. The zero-order valence-corrected chi connectivity index (χ0v) is 17.8. The van der Waals surface area contributed by atoms with Gasteiger partial charge < -0.3 is 0 Å². The van der Waals surface area contributed by atoms with Crippen molar-refractivity contribution in [2.45, 2.75) is 45.2 Å². The maximum Gasteiger partial charge on any atom is 0.527 e. The van der Waals surface area contributed by atoms with Crippen molar-refractivity contribution in [1.29, 1.82) is 0 Å². The van der Waals surface area contributed by atoms with Gasteiger partial charge in [0.05, 0.1) is 0 Å². The van der Waals surface area contributed by atoms with Crippen LogP contribution in [0.15, 0.2) is 43.0 Å². The molecule has 2 aliphatic heterocycles. The van der Waals surface area contributed by atoms with Gasteiger partial charge in [-0.3, -0.25) is 0 Å². The Bertz CT molecular complexity index is 1430. The lowest BCUT2D eigenvalue weighted by Gasteiger charge is -2.20. The third-order valence-electron chi connectivity index (χ3n) is 6.00. The monoisotopic (exact) mass is 440 g/mol. The van der Waals surface area contributed by atoms with Gasteiger partial charge in [0, 0.05) is 24.3 Å². The Balaban J connectivity index is 1.76. The summed E-state index contributed by atoms with van der Waals surface area (Å²) in [6.45, 7) is 8.06. The molecule has 0 fully saturated rings. The first-order chi connectivity index (χ1) is 15.0. The van der Waals surface area contributed by atoms with Crippen molar-refractivity contribution in [1.82, 2.24) is 29.5 Å². The molecule has 0 amide bonds. The van der Waals surface area contributed by atoms with Gasteiger partial charge in [-0.25, -0.2) is 4.98 Å². The van der Waals surface area contributed by atoms with Crippen LogP contribution in [0.4, 0.5) is 13.2 Å². The smallest absolute Gasteiger partial charge is 0.206 e.